The fraction of sp³-hybridized carbons (Fsp3) is 0.588. The van der Waals surface area contributed by atoms with E-state index in [0.29, 0.717) is 12.8 Å². The monoisotopic (exact) mass is 542 g/mol. The van der Waals surface area contributed by atoms with Crippen molar-refractivity contribution in [3.63, 3.8) is 0 Å². The Hall–Kier alpha value is -2.66. The van der Waals surface area contributed by atoms with E-state index in [1.807, 2.05) is 36.5 Å². The third kappa shape index (κ3) is 28.2. The van der Waals surface area contributed by atoms with Crippen LogP contribution in [0.25, 0.3) is 0 Å². The van der Waals surface area contributed by atoms with Crippen LogP contribution in [0.2, 0.25) is 0 Å². The average molecular weight is 543 g/mol. The number of aliphatic hydroxyl groups excluding tert-OH is 1. The van der Waals surface area contributed by atoms with Gasteiger partial charge in [0.05, 0.1) is 6.61 Å². The van der Waals surface area contributed by atoms with E-state index in [1.165, 1.54) is 6.42 Å². The Balaban J connectivity index is 3.74. The number of carbonyl (C=O) groups is 2. The van der Waals surface area contributed by atoms with E-state index in [-0.39, 0.29) is 25.2 Å². The molecule has 0 aliphatic rings. The molecule has 0 aromatic heterocycles. The van der Waals surface area contributed by atoms with Crippen molar-refractivity contribution in [2.75, 3.05) is 13.2 Å². The van der Waals surface area contributed by atoms with Gasteiger partial charge in [0.25, 0.3) is 0 Å². The zero-order chi connectivity index (χ0) is 28.7. The fourth-order valence-electron chi connectivity index (χ4n) is 3.60. The van der Waals surface area contributed by atoms with Gasteiger partial charge in [0.1, 0.15) is 6.61 Å². The van der Waals surface area contributed by atoms with Gasteiger partial charge in [-0.1, -0.05) is 112 Å². The van der Waals surface area contributed by atoms with E-state index in [0.717, 1.165) is 77.0 Å². The van der Waals surface area contributed by atoms with Gasteiger partial charge in [-0.3, -0.25) is 9.59 Å². The minimum atomic E-state index is -0.795. The fourth-order valence-corrected chi connectivity index (χ4v) is 3.60. The second kappa shape index (κ2) is 29.9. The molecule has 5 nitrogen and oxygen atoms in total. The Morgan fingerprint density at radius 2 is 1.15 bits per heavy atom. The van der Waals surface area contributed by atoms with Crippen LogP contribution in [0, 0.1) is 0 Å². The first kappa shape index (κ1) is 36.3. The number of carbonyl (C=O) groups excluding carboxylic acids is 2. The van der Waals surface area contributed by atoms with Crippen LogP contribution >= 0.6 is 0 Å². The molecule has 0 rings (SSSR count). The average Bonchev–Trinajstić information content (AvgIpc) is 2.94. The second-order valence-electron chi connectivity index (χ2n) is 9.50. The standard InChI is InChI=1S/C34H54O5/c1-3-5-7-9-11-13-15-17-19-20-22-24-26-28-33(36)38-31-32(30-35)39-34(37)29-27-25-23-21-18-16-14-12-10-8-6-4-2/h5-9,11-15,17,19,32,35H,3-4,10,16,18,20-31H2,1-2H3/b7-5+,8-6+,11-9+,14-12+,15-13+,19-17+. The highest BCUT2D eigenvalue weighted by Gasteiger charge is 2.16. The second-order valence-corrected chi connectivity index (χ2v) is 9.50. The van der Waals surface area contributed by atoms with Crippen LogP contribution in [-0.2, 0) is 19.1 Å². The first-order valence-corrected chi connectivity index (χ1v) is 15.0. The molecule has 1 atom stereocenters. The minimum absolute atomic E-state index is 0.0966. The quantitative estimate of drug-likeness (QED) is 0.0541. The van der Waals surface area contributed by atoms with Crippen molar-refractivity contribution >= 4 is 11.9 Å². The number of rotatable bonds is 25. The molecular formula is C34H54O5. The maximum atomic E-state index is 12.0. The predicted octanol–water partition coefficient (Wildman–Crippen LogP) is 8.66. The van der Waals surface area contributed by atoms with Crippen molar-refractivity contribution in [3.05, 3.63) is 72.9 Å². The number of unbranched alkanes of at least 4 members (excludes halogenated alkanes) is 8. The molecule has 1 N–H and O–H groups in total. The van der Waals surface area contributed by atoms with Crippen molar-refractivity contribution in [1.29, 1.82) is 0 Å². The highest BCUT2D eigenvalue weighted by Crippen LogP contribution is 2.10. The summed E-state index contributed by atoms with van der Waals surface area (Å²) in [5.41, 5.74) is 0. The molecule has 0 saturated heterocycles. The highest BCUT2D eigenvalue weighted by atomic mass is 16.6. The van der Waals surface area contributed by atoms with Crippen molar-refractivity contribution in [3.8, 4) is 0 Å². The highest BCUT2D eigenvalue weighted by molar-refractivity contribution is 5.70. The van der Waals surface area contributed by atoms with Gasteiger partial charge in [-0.05, 0) is 57.8 Å². The molecule has 0 radical (unpaired) electrons. The number of aliphatic hydroxyl groups is 1. The number of ether oxygens (including phenoxy) is 2. The lowest BCUT2D eigenvalue weighted by Gasteiger charge is -2.15. The van der Waals surface area contributed by atoms with Crippen molar-refractivity contribution in [2.24, 2.45) is 0 Å². The van der Waals surface area contributed by atoms with Gasteiger partial charge in [0.2, 0.25) is 0 Å². The summed E-state index contributed by atoms with van der Waals surface area (Å²) in [7, 11) is 0. The lowest BCUT2D eigenvalue weighted by molar-refractivity contribution is -0.161. The molecule has 0 aromatic rings. The zero-order valence-electron chi connectivity index (χ0n) is 24.6. The minimum Gasteiger partial charge on any atom is -0.462 e. The van der Waals surface area contributed by atoms with E-state index in [4.69, 9.17) is 9.47 Å². The number of esters is 2. The summed E-state index contributed by atoms with van der Waals surface area (Å²) >= 11 is 0. The molecule has 0 amide bonds. The molecule has 0 aliphatic heterocycles. The first-order chi connectivity index (χ1) is 19.1. The van der Waals surface area contributed by atoms with E-state index in [1.54, 1.807) is 0 Å². The molecule has 5 heteroatoms. The van der Waals surface area contributed by atoms with E-state index >= 15 is 0 Å². The number of hydrogen-bond acceptors (Lipinski definition) is 5. The topological polar surface area (TPSA) is 72.8 Å². The molecule has 0 bridgehead atoms. The van der Waals surface area contributed by atoms with Crippen molar-refractivity contribution in [2.45, 2.75) is 116 Å². The van der Waals surface area contributed by atoms with E-state index in [9.17, 15) is 14.7 Å². The van der Waals surface area contributed by atoms with Crippen LogP contribution in [0.5, 0.6) is 0 Å². The Kier molecular flexibility index (Phi) is 27.9. The zero-order valence-corrected chi connectivity index (χ0v) is 24.6. The van der Waals surface area contributed by atoms with Crippen molar-refractivity contribution in [1.82, 2.24) is 0 Å². The van der Waals surface area contributed by atoms with Gasteiger partial charge in [-0.25, -0.2) is 0 Å². The van der Waals surface area contributed by atoms with Crippen LogP contribution in [0.4, 0.5) is 0 Å². The van der Waals surface area contributed by atoms with Gasteiger partial charge in [-0.2, -0.15) is 0 Å². The number of hydrogen-bond donors (Lipinski definition) is 1. The molecule has 0 saturated carbocycles. The summed E-state index contributed by atoms with van der Waals surface area (Å²) in [6.07, 6.45) is 38.1. The Labute approximate surface area is 238 Å². The normalized spacial score (nSPS) is 13.2. The Bertz CT molecular complexity index is 758. The smallest absolute Gasteiger partial charge is 0.306 e. The van der Waals surface area contributed by atoms with Gasteiger partial charge >= 0.3 is 11.9 Å². The summed E-state index contributed by atoms with van der Waals surface area (Å²) in [5.74, 6) is -0.667. The SMILES string of the molecule is CC/C=C/C=C/C=C/C=C/CCCCCC(=O)OCC(CO)OC(=O)CCCCCCC/C=C/C/C=C/CC. The molecule has 0 spiro atoms. The molecule has 0 aliphatic carbocycles. The predicted molar refractivity (Wildman–Crippen MR) is 163 cm³/mol. The lowest BCUT2D eigenvalue weighted by atomic mass is 10.1. The first-order valence-electron chi connectivity index (χ1n) is 15.0. The largest absolute Gasteiger partial charge is 0.462 e. The molecule has 0 aromatic carbocycles. The van der Waals surface area contributed by atoms with E-state index in [2.05, 4.69) is 50.3 Å². The summed E-state index contributed by atoms with van der Waals surface area (Å²) in [5, 5.41) is 9.46. The maximum absolute atomic E-state index is 12.0. The molecule has 1 unspecified atom stereocenters. The molecule has 0 heterocycles. The van der Waals surface area contributed by atoms with Crippen LogP contribution in [-0.4, -0.2) is 36.4 Å². The maximum Gasteiger partial charge on any atom is 0.306 e. The van der Waals surface area contributed by atoms with Crippen molar-refractivity contribution < 1.29 is 24.2 Å². The lowest BCUT2D eigenvalue weighted by Crippen LogP contribution is -2.28. The molecule has 220 valence electrons. The van der Waals surface area contributed by atoms with Gasteiger partial charge in [-0.15, -0.1) is 0 Å². The van der Waals surface area contributed by atoms with E-state index < -0.39 is 6.10 Å². The summed E-state index contributed by atoms with van der Waals surface area (Å²) in [4.78, 5) is 24.0. The summed E-state index contributed by atoms with van der Waals surface area (Å²) < 4.78 is 10.5. The molecule has 39 heavy (non-hydrogen) atoms. The van der Waals surface area contributed by atoms with Gasteiger partial charge in [0, 0.05) is 12.8 Å². The third-order valence-electron chi connectivity index (χ3n) is 5.84. The van der Waals surface area contributed by atoms with Gasteiger partial charge in [0.15, 0.2) is 6.10 Å². The Morgan fingerprint density at radius 3 is 1.85 bits per heavy atom. The van der Waals surface area contributed by atoms with Crippen LogP contribution in [0.1, 0.15) is 110 Å². The molecular weight excluding hydrogens is 488 g/mol. The summed E-state index contributed by atoms with van der Waals surface area (Å²) in [6, 6.07) is 0. The third-order valence-corrected chi connectivity index (χ3v) is 5.84. The van der Waals surface area contributed by atoms with Gasteiger partial charge < -0.3 is 14.6 Å². The molecule has 0 fully saturated rings. The summed E-state index contributed by atoms with van der Waals surface area (Å²) in [6.45, 7) is 3.80. The van der Waals surface area contributed by atoms with Crippen LogP contribution in [0.15, 0.2) is 72.9 Å². The van der Waals surface area contributed by atoms with Crippen LogP contribution in [0.3, 0.4) is 0 Å². The Morgan fingerprint density at radius 1 is 0.615 bits per heavy atom. The van der Waals surface area contributed by atoms with Crippen LogP contribution < -0.4 is 0 Å². The number of allylic oxidation sites excluding steroid dienone is 12.